The van der Waals surface area contributed by atoms with Gasteiger partial charge in [0.25, 0.3) is 0 Å². The highest BCUT2D eigenvalue weighted by Gasteiger charge is 2.17. The van der Waals surface area contributed by atoms with Crippen molar-refractivity contribution in [1.82, 2.24) is 0 Å². The van der Waals surface area contributed by atoms with Crippen LogP contribution in [0.5, 0.6) is 0 Å². The van der Waals surface area contributed by atoms with Gasteiger partial charge in [0, 0.05) is 0 Å². The largest absolute Gasteiger partial charge is 0.465 e. The van der Waals surface area contributed by atoms with Crippen molar-refractivity contribution in [2.45, 2.75) is 175 Å². The molecule has 0 rings (SSSR count). The third-order valence-electron chi connectivity index (χ3n) is 7.29. The molecule has 0 heterocycles. The first-order chi connectivity index (χ1) is 16.2. The molecule has 0 amide bonds. The maximum Gasteiger partial charge on any atom is 0.308 e. The van der Waals surface area contributed by atoms with Crippen molar-refractivity contribution in [2.24, 2.45) is 11.8 Å². The number of esters is 1. The fourth-order valence-corrected chi connectivity index (χ4v) is 4.78. The van der Waals surface area contributed by atoms with Crippen LogP contribution in [0.2, 0.25) is 0 Å². The Morgan fingerprint density at radius 1 is 0.515 bits per heavy atom. The third kappa shape index (κ3) is 23.0. The van der Waals surface area contributed by atoms with Gasteiger partial charge in [0.2, 0.25) is 0 Å². The van der Waals surface area contributed by atoms with Gasteiger partial charge in [-0.1, -0.05) is 156 Å². The third-order valence-corrected chi connectivity index (χ3v) is 7.29. The highest BCUT2D eigenvalue weighted by Crippen LogP contribution is 2.21. The van der Waals surface area contributed by atoms with E-state index in [2.05, 4.69) is 27.7 Å². The summed E-state index contributed by atoms with van der Waals surface area (Å²) >= 11 is 0. The van der Waals surface area contributed by atoms with E-state index in [-0.39, 0.29) is 11.9 Å². The van der Waals surface area contributed by atoms with Crippen LogP contribution in [0.1, 0.15) is 175 Å². The molecule has 0 spiro atoms. The molecule has 0 aromatic carbocycles. The van der Waals surface area contributed by atoms with Crippen molar-refractivity contribution in [1.29, 1.82) is 0 Å². The SMILES string of the molecule is CCCCCCCCCCC(C)C(=O)OCC(CCCCCCCC)CCCCCCCC. The van der Waals surface area contributed by atoms with Crippen LogP contribution in [-0.4, -0.2) is 12.6 Å². The summed E-state index contributed by atoms with van der Waals surface area (Å²) in [4.78, 5) is 12.6. The summed E-state index contributed by atoms with van der Waals surface area (Å²) in [5.74, 6) is 0.685. The van der Waals surface area contributed by atoms with Crippen molar-refractivity contribution in [3.8, 4) is 0 Å². The van der Waals surface area contributed by atoms with E-state index in [1.54, 1.807) is 0 Å². The summed E-state index contributed by atoms with van der Waals surface area (Å²) in [5, 5.41) is 0. The lowest BCUT2D eigenvalue weighted by Gasteiger charge is -2.19. The lowest BCUT2D eigenvalue weighted by molar-refractivity contribution is -0.149. The van der Waals surface area contributed by atoms with Gasteiger partial charge in [-0.15, -0.1) is 0 Å². The van der Waals surface area contributed by atoms with Gasteiger partial charge in [-0.05, 0) is 25.2 Å². The Kier molecular flexibility index (Phi) is 25.7. The molecule has 0 aromatic rings. The summed E-state index contributed by atoms with van der Waals surface area (Å²) < 4.78 is 5.84. The zero-order chi connectivity index (χ0) is 24.4. The predicted octanol–water partition coefficient (Wildman–Crippen LogP) is 10.8. The number of unbranched alkanes of at least 4 members (excludes halogenated alkanes) is 17. The molecule has 33 heavy (non-hydrogen) atoms. The second-order valence-electron chi connectivity index (χ2n) is 10.8. The fourth-order valence-electron chi connectivity index (χ4n) is 4.78. The average Bonchev–Trinajstić information content (AvgIpc) is 2.82. The quantitative estimate of drug-likeness (QED) is 0.0935. The Bertz CT molecular complexity index is 376. The van der Waals surface area contributed by atoms with Crippen molar-refractivity contribution in [3.05, 3.63) is 0 Å². The molecule has 2 nitrogen and oxygen atoms in total. The molecule has 2 heteroatoms. The van der Waals surface area contributed by atoms with Crippen molar-refractivity contribution in [2.75, 3.05) is 6.61 Å². The number of rotatable bonds is 26. The van der Waals surface area contributed by atoms with Crippen LogP contribution in [0, 0.1) is 11.8 Å². The summed E-state index contributed by atoms with van der Waals surface area (Å²) in [5.41, 5.74) is 0. The standard InChI is InChI=1S/C31H62O2/c1-5-8-11-14-17-18-19-22-25-29(4)31(32)33-28-30(26-23-20-15-12-9-6-2)27-24-21-16-13-10-7-3/h29-30H,5-28H2,1-4H3. The molecule has 0 saturated heterocycles. The highest BCUT2D eigenvalue weighted by molar-refractivity contribution is 5.71. The van der Waals surface area contributed by atoms with Crippen LogP contribution in [0.3, 0.4) is 0 Å². The molecule has 1 atom stereocenters. The molecule has 0 aliphatic rings. The van der Waals surface area contributed by atoms with Gasteiger partial charge in [0.1, 0.15) is 0 Å². The van der Waals surface area contributed by atoms with Crippen LogP contribution in [-0.2, 0) is 9.53 Å². The fraction of sp³-hybridized carbons (Fsp3) is 0.968. The number of ether oxygens (including phenoxy) is 1. The van der Waals surface area contributed by atoms with E-state index in [0.29, 0.717) is 12.5 Å². The summed E-state index contributed by atoms with van der Waals surface area (Å²) in [6, 6.07) is 0. The van der Waals surface area contributed by atoms with Gasteiger partial charge < -0.3 is 4.74 Å². The monoisotopic (exact) mass is 466 g/mol. The van der Waals surface area contributed by atoms with E-state index < -0.39 is 0 Å². The second-order valence-corrected chi connectivity index (χ2v) is 10.8. The van der Waals surface area contributed by atoms with Gasteiger partial charge in [0.05, 0.1) is 12.5 Å². The Morgan fingerprint density at radius 3 is 1.24 bits per heavy atom. The van der Waals surface area contributed by atoms with Crippen LogP contribution >= 0.6 is 0 Å². The first-order valence-corrected chi connectivity index (χ1v) is 15.3. The first kappa shape index (κ1) is 32.5. The summed E-state index contributed by atoms with van der Waals surface area (Å²) in [7, 11) is 0. The minimum atomic E-state index is 0.0498. The Morgan fingerprint density at radius 2 is 0.848 bits per heavy atom. The second kappa shape index (κ2) is 26.1. The summed E-state index contributed by atoms with van der Waals surface area (Å²) in [6.07, 6.45) is 30.2. The molecule has 0 bridgehead atoms. The predicted molar refractivity (Wildman–Crippen MR) is 147 cm³/mol. The Hall–Kier alpha value is -0.530. The molecule has 0 aliphatic carbocycles. The Labute approximate surface area is 209 Å². The highest BCUT2D eigenvalue weighted by atomic mass is 16.5. The Balaban J connectivity index is 4.07. The summed E-state index contributed by atoms with van der Waals surface area (Å²) in [6.45, 7) is 9.55. The van der Waals surface area contributed by atoms with Crippen LogP contribution in [0.25, 0.3) is 0 Å². The lowest BCUT2D eigenvalue weighted by atomic mass is 9.94. The van der Waals surface area contributed by atoms with E-state index in [1.165, 1.54) is 141 Å². The van der Waals surface area contributed by atoms with Crippen LogP contribution < -0.4 is 0 Å². The van der Waals surface area contributed by atoms with E-state index in [1.807, 2.05) is 0 Å². The van der Waals surface area contributed by atoms with Crippen molar-refractivity contribution in [3.63, 3.8) is 0 Å². The van der Waals surface area contributed by atoms with Crippen molar-refractivity contribution < 1.29 is 9.53 Å². The zero-order valence-corrected chi connectivity index (χ0v) is 23.4. The maximum atomic E-state index is 12.6. The van der Waals surface area contributed by atoms with Crippen LogP contribution in [0.4, 0.5) is 0 Å². The minimum Gasteiger partial charge on any atom is -0.465 e. The number of hydrogen-bond acceptors (Lipinski definition) is 2. The first-order valence-electron chi connectivity index (χ1n) is 15.3. The molecule has 0 saturated carbocycles. The lowest BCUT2D eigenvalue weighted by Crippen LogP contribution is -2.20. The number of hydrogen-bond donors (Lipinski definition) is 0. The molecule has 0 radical (unpaired) electrons. The molecule has 0 N–H and O–H groups in total. The molecule has 198 valence electrons. The molecule has 1 unspecified atom stereocenters. The van der Waals surface area contributed by atoms with Gasteiger partial charge in [0.15, 0.2) is 0 Å². The smallest absolute Gasteiger partial charge is 0.308 e. The topological polar surface area (TPSA) is 26.3 Å². The van der Waals surface area contributed by atoms with Gasteiger partial charge in [-0.3, -0.25) is 4.79 Å². The normalized spacial score (nSPS) is 12.4. The molecule has 0 fully saturated rings. The average molecular weight is 467 g/mol. The molecular weight excluding hydrogens is 404 g/mol. The van der Waals surface area contributed by atoms with Gasteiger partial charge >= 0.3 is 5.97 Å². The number of carbonyl (C=O) groups is 1. The minimum absolute atomic E-state index is 0.0498. The van der Waals surface area contributed by atoms with Crippen LogP contribution in [0.15, 0.2) is 0 Å². The maximum absolute atomic E-state index is 12.6. The van der Waals surface area contributed by atoms with E-state index in [4.69, 9.17) is 4.74 Å². The van der Waals surface area contributed by atoms with E-state index in [0.717, 1.165) is 6.42 Å². The van der Waals surface area contributed by atoms with Gasteiger partial charge in [-0.2, -0.15) is 0 Å². The number of carbonyl (C=O) groups excluding carboxylic acids is 1. The van der Waals surface area contributed by atoms with Crippen molar-refractivity contribution >= 4 is 5.97 Å². The molecular formula is C31H62O2. The zero-order valence-electron chi connectivity index (χ0n) is 23.4. The van der Waals surface area contributed by atoms with E-state index >= 15 is 0 Å². The molecule has 0 aromatic heterocycles. The van der Waals surface area contributed by atoms with Gasteiger partial charge in [-0.25, -0.2) is 0 Å². The van der Waals surface area contributed by atoms with E-state index in [9.17, 15) is 4.79 Å². The molecule has 0 aliphatic heterocycles.